The molecule has 5 rings (SSSR count). The number of sulfonamides is 1. The fraction of sp³-hybridized carbons (Fsp3) is 0.576. The molecule has 3 aliphatic rings. The van der Waals surface area contributed by atoms with Crippen LogP contribution in [0.2, 0.25) is 23.2 Å². The second kappa shape index (κ2) is 11.6. The maximum Gasteiger partial charge on any atom is 0.234 e. The Hall–Kier alpha value is -1.84. The summed E-state index contributed by atoms with van der Waals surface area (Å²) < 4.78 is 43.1. The highest BCUT2D eigenvalue weighted by Gasteiger charge is 2.45. The van der Waals surface area contributed by atoms with Gasteiger partial charge in [0, 0.05) is 30.6 Å². The van der Waals surface area contributed by atoms with Crippen LogP contribution in [0.15, 0.2) is 53.9 Å². The van der Waals surface area contributed by atoms with Crippen molar-refractivity contribution in [1.29, 1.82) is 0 Å². The second-order valence-corrected chi connectivity index (χ2v) is 21.6. The monoisotopic (exact) mass is 630 g/mol. The third-order valence-electron chi connectivity index (χ3n) is 10.4. The fourth-order valence-electron chi connectivity index (χ4n) is 6.79. The van der Waals surface area contributed by atoms with E-state index < -0.39 is 18.3 Å². The van der Waals surface area contributed by atoms with Crippen LogP contribution in [0.4, 0.5) is 5.69 Å². The molecule has 230 valence electrons. The molecule has 1 aliphatic heterocycles. The van der Waals surface area contributed by atoms with Gasteiger partial charge in [0.15, 0.2) is 0 Å². The summed E-state index contributed by atoms with van der Waals surface area (Å²) in [6.07, 6.45) is 7.20. The normalized spacial score (nSPS) is 25.1. The van der Waals surface area contributed by atoms with Crippen molar-refractivity contribution in [3.63, 3.8) is 0 Å². The second-order valence-electron chi connectivity index (χ2n) is 14.2. The Morgan fingerprint density at radius 1 is 1.24 bits per heavy atom. The van der Waals surface area contributed by atoms with Gasteiger partial charge in [0.05, 0.1) is 23.3 Å². The van der Waals surface area contributed by atoms with E-state index in [0.29, 0.717) is 18.4 Å². The molecule has 2 aromatic rings. The highest BCUT2D eigenvalue weighted by Crippen LogP contribution is 2.47. The van der Waals surface area contributed by atoms with E-state index in [9.17, 15) is 8.42 Å². The minimum atomic E-state index is -3.73. The van der Waals surface area contributed by atoms with Crippen molar-refractivity contribution in [2.45, 2.75) is 87.4 Å². The quantitative estimate of drug-likeness (QED) is 0.244. The third-order valence-corrected chi connectivity index (χ3v) is 18.4. The lowest BCUT2D eigenvalue weighted by atomic mass is 9.68. The number of rotatable bonds is 8. The molecule has 1 N–H and O–H groups in total. The van der Waals surface area contributed by atoms with Gasteiger partial charge >= 0.3 is 0 Å². The van der Waals surface area contributed by atoms with Crippen LogP contribution in [-0.2, 0) is 26.6 Å². The predicted molar refractivity (Wildman–Crippen MR) is 175 cm³/mol. The van der Waals surface area contributed by atoms with Gasteiger partial charge < -0.3 is 14.4 Å². The number of methoxy groups -OCH3 is 1. The summed E-state index contributed by atoms with van der Waals surface area (Å²) in [6, 6.07) is 11.7. The molecule has 0 bridgehead atoms. The van der Waals surface area contributed by atoms with Crippen molar-refractivity contribution in [2.24, 2.45) is 11.8 Å². The molecule has 1 heterocycles. The van der Waals surface area contributed by atoms with Gasteiger partial charge in [-0.25, -0.2) is 12.8 Å². The highest BCUT2D eigenvalue weighted by atomic mass is 35.5. The largest absolute Gasteiger partial charge is 0.490 e. The first kappa shape index (κ1) is 31.6. The predicted octanol–water partition coefficient (Wildman–Crippen LogP) is 7.32. The van der Waals surface area contributed by atoms with Crippen LogP contribution in [-0.4, -0.2) is 49.6 Å². The summed E-state index contributed by atoms with van der Waals surface area (Å²) in [6.45, 7) is 16.6. The zero-order chi connectivity index (χ0) is 30.5. The van der Waals surface area contributed by atoms with Crippen molar-refractivity contribution in [3.05, 3.63) is 65.2 Å². The van der Waals surface area contributed by atoms with Gasteiger partial charge in [-0.15, -0.1) is 6.58 Å². The lowest BCUT2D eigenvalue weighted by Crippen LogP contribution is -2.54. The van der Waals surface area contributed by atoms with Gasteiger partial charge in [-0.05, 0) is 90.4 Å². The molecule has 0 amide bonds. The average molecular weight is 631 g/mol. The van der Waals surface area contributed by atoms with Crippen LogP contribution in [0.5, 0.6) is 5.75 Å². The Labute approximate surface area is 259 Å². The van der Waals surface area contributed by atoms with Crippen LogP contribution in [0.1, 0.15) is 57.6 Å². The van der Waals surface area contributed by atoms with Crippen LogP contribution in [0.25, 0.3) is 0 Å². The van der Waals surface area contributed by atoms with E-state index in [1.807, 2.05) is 24.3 Å². The SMILES string of the molecule is C=C[C@H](OC)[C@@H]1CC[C@H]1CN1CC2(CCCc3cc(Cl)ccc32)COc2ccc(S(=O)(=O)N[Si](C)(C)C(C)(C)C)cc21. The molecule has 1 unspecified atom stereocenters. The van der Waals surface area contributed by atoms with Gasteiger partial charge in [0.2, 0.25) is 10.0 Å². The number of hydrogen-bond acceptors (Lipinski definition) is 5. The fourth-order valence-corrected chi connectivity index (χ4v) is 11.9. The van der Waals surface area contributed by atoms with Gasteiger partial charge in [-0.2, -0.15) is 0 Å². The molecule has 1 spiro atoms. The molecule has 1 saturated carbocycles. The van der Waals surface area contributed by atoms with Crippen LogP contribution >= 0.6 is 11.6 Å². The number of nitrogens with zero attached hydrogens (tertiary/aromatic N) is 1. The Balaban J connectivity index is 1.55. The van der Waals surface area contributed by atoms with Gasteiger partial charge in [0.1, 0.15) is 14.0 Å². The Morgan fingerprint density at radius 3 is 2.64 bits per heavy atom. The van der Waals surface area contributed by atoms with Crippen molar-refractivity contribution in [1.82, 2.24) is 4.39 Å². The first-order valence-electron chi connectivity index (χ1n) is 15.2. The van der Waals surface area contributed by atoms with Crippen molar-refractivity contribution < 1.29 is 17.9 Å². The van der Waals surface area contributed by atoms with Crippen molar-refractivity contribution in [3.8, 4) is 5.75 Å². The molecule has 6 nitrogen and oxygen atoms in total. The summed E-state index contributed by atoms with van der Waals surface area (Å²) in [7, 11) is -4.31. The standard InChI is InChI=1S/C33H47ClN2O4SSi/c1-8-30(39-5)27-14-11-24(27)20-36-21-33(17-9-10-23-18-25(34)12-15-28(23)33)22-40-31-16-13-26(19-29(31)36)41(37,38)35-42(6,7)32(2,3)4/h8,12-13,15-16,18-19,24,27,30,35H,1,9-11,14,17,20-22H2,2-7H3/t24-,27+,30-,33?/m0/s1. The van der Waals surface area contributed by atoms with Gasteiger partial charge in [-0.1, -0.05) is 57.6 Å². The Kier molecular flexibility index (Phi) is 8.71. The van der Waals surface area contributed by atoms with Crippen LogP contribution in [0.3, 0.4) is 0 Å². The summed E-state index contributed by atoms with van der Waals surface area (Å²) in [5.41, 5.74) is 3.23. The van der Waals surface area contributed by atoms with E-state index in [-0.39, 0.29) is 21.5 Å². The molecule has 9 heteroatoms. The summed E-state index contributed by atoms with van der Waals surface area (Å²) >= 11 is 6.42. The molecule has 42 heavy (non-hydrogen) atoms. The van der Waals surface area contributed by atoms with Crippen LogP contribution in [0, 0.1) is 11.8 Å². The van der Waals surface area contributed by atoms with Crippen LogP contribution < -0.4 is 14.0 Å². The highest BCUT2D eigenvalue weighted by molar-refractivity contribution is 7.91. The molecular formula is C33H47ClN2O4SSi. The van der Waals surface area contributed by atoms with Gasteiger partial charge in [0.25, 0.3) is 0 Å². The van der Waals surface area contributed by atoms with E-state index in [2.05, 4.69) is 61.9 Å². The average Bonchev–Trinajstić information content (AvgIpc) is 3.05. The molecule has 0 aromatic heterocycles. The third kappa shape index (κ3) is 5.94. The van der Waals surface area contributed by atoms with E-state index in [1.165, 1.54) is 11.1 Å². The Morgan fingerprint density at radius 2 is 2.00 bits per heavy atom. The molecular weight excluding hydrogens is 584 g/mol. The first-order chi connectivity index (χ1) is 19.7. The number of benzene rings is 2. The lowest BCUT2D eigenvalue weighted by molar-refractivity contribution is 0.0135. The number of halogens is 1. The molecule has 4 atom stereocenters. The molecule has 0 saturated heterocycles. The maximum absolute atomic E-state index is 13.8. The zero-order valence-corrected chi connectivity index (χ0v) is 28.6. The van der Waals surface area contributed by atoms with E-state index >= 15 is 0 Å². The molecule has 2 aromatic carbocycles. The van der Waals surface area contributed by atoms with Crippen molar-refractivity contribution in [2.75, 3.05) is 31.7 Å². The topological polar surface area (TPSA) is 67.9 Å². The molecule has 0 radical (unpaired) electrons. The Bertz CT molecular complexity index is 1440. The smallest absolute Gasteiger partial charge is 0.234 e. The van der Waals surface area contributed by atoms with E-state index in [1.54, 1.807) is 13.2 Å². The van der Waals surface area contributed by atoms with Crippen molar-refractivity contribution >= 4 is 35.5 Å². The minimum Gasteiger partial charge on any atom is -0.490 e. The zero-order valence-electron chi connectivity index (χ0n) is 26.0. The number of ether oxygens (including phenoxy) is 2. The van der Waals surface area contributed by atoms with Gasteiger partial charge in [-0.3, -0.25) is 0 Å². The number of hydrogen-bond donors (Lipinski definition) is 1. The molecule has 2 aliphatic carbocycles. The summed E-state index contributed by atoms with van der Waals surface area (Å²) in [5.74, 6) is 1.54. The summed E-state index contributed by atoms with van der Waals surface area (Å²) in [5, 5.41) is 0.629. The van der Waals surface area contributed by atoms with E-state index in [4.69, 9.17) is 21.1 Å². The number of aryl methyl sites for hydroxylation is 1. The number of nitrogens with one attached hydrogen (secondary N) is 1. The van der Waals surface area contributed by atoms with E-state index in [0.717, 1.165) is 61.7 Å². The maximum atomic E-state index is 13.8. The minimum absolute atomic E-state index is 0.0125. The number of fused-ring (bicyclic) bond motifs is 3. The number of anilines is 1. The first-order valence-corrected chi connectivity index (χ1v) is 20.1. The molecule has 1 fully saturated rings. The summed E-state index contributed by atoms with van der Waals surface area (Å²) in [4.78, 5) is 2.70. The lowest BCUT2D eigenvalue weighted by Gasteiger charge is -2.46.